The summed E-state index contributed by atoms with van der Waals surface area (Å²) in [7, 11) is 2.96. The lowest BCUT2D eigenvalue weighted by atomic mass is 9.88. The number of nitrogens with zero attached hydrogens (tertiary/aromatic N) is 2. The number of para-hydroxylation sites is 1. The van der Waals surface area contributed by atoms with Crippen molar-refractivity contribution in [3.8, 4) is 5.75 Å². The maximum Gasteiger partial charge on any atom is 0.330 e. The Labute approximate surface area is 169 Å². The van der Waals surface area contributed by atoms with Crippen molar-refractivity contribution in [2.75, 3.05) is 32.2 Å². The Kier molecular flexibility index (Phi) is 6.49. The Balaban J connectivity index is 1.77. The fourth-order valence-corrected chi connectivity index (χ4v) is 3.73. The number of benzene rings is 2. The predicted octanol–water partition coefficient (Wildman–Crippen LogP) is 4.17. The summed E-state index contributed by atoms with van der Waals surface area (Å²) in [4.78, 5) is 24.6. The van der Waals surface area contributed by atoms with Crippen molar-refractivity contribution < 1.29 is 19.2 Å². The highest BCUT2D eigenvalue weighted by Crippen LogP contribution is 2.37. The average Bonchev–Trinajstić information content (AvgIpc) is 2.77. The second-order valence-corrected chi connectivity index (χ2v) is 6.87. The van der Waals surface area contributed by atoms with Crippen molar-refractivity contribution in [1.82, 2.24) is 0 Å². The number of nitro benzene ring substituents is 1. The fourth-order valence-electron chi connectivity index (χ4n) is 3.73. The molecular weight excluding hydrogens is 372 g/mol. The number of ether oxygens (including phenoxy) is 2. The standard InChI is InChI=1S/C22H24N2O5/c1-28-21-6-4-3-5-18(21)17-11-13-23(14-12-17)19-9-7-16(8-10-22(25)29-2)15-20(19)24(26)27/h3-10,15,17H,11-14H2,1-2H3. The van der Waals surface area contributed by atoms with E-state index in [4.69, 9.17) is 4.74 Å². The maximum atomic E-state index is 11.6. The third kappa shape index (κ3) is 4.74. The number of rotatable bonds is 6. The Bertz CT molecular complexity index is 917. The molecule has 0 aliphatic carbocycles. The zero-order chi connectivity index (χ0) is 20.8. The number of methoxy groups -OCH3 is 2. The van der Waals surface area contributed by atoms with E-state index in [9.17, 15) is 14.9 Å². The van der Waals surface area contributed by atoms with Gasteiger partial charge in [-0.2, -0.15) is 0 Å². The summed E-state index contributed by atoms with van der Waals surface area (Å²) < 4.78 is 10.0. The van der Waals surface area contributed by atoms with Gasteiger partial charge in [0.1, 0.15) is 11.4 Å². The lowest BCUT2D eigenvalue weighted by molar-refractivity contribution is -0.384. The van der Waals surface area contributed by atoms with Gasteiger partial charge in [0.2, 0.25) is 0 Å². The molecule has 7 nitrogen and oxygen atoms in total. The molecule has 0 aromatic heterocycles. The second-order valence-electron chi connectivity index (χ2n) is 6.87. The number of hydrogen-bond donors (Lipinski definition) is 0. The van der Waals surface area contributed by atoms with E-state index in [0.717, 1.165) is 31.7 Å². The molecule has 0 unspecified atom stereocenters. The zero-order valence-corrected chi connectivity index (χ0v) is 16.5. The smallest absolute Gasteiger partial charge is 0.330 e. The number of nitro groups is 1. The van der Waals surface area contributed by atoms with Crippen LogP contribution in [-0.2, 0) is 9.53 Å². The lowest BCUT2D eigenvalue weighted by Crippen LogP contribution is -2.33. The van der Waals surface area contributed by atoms with Crippen molar-refractivity contribution >= 4 is 23.4 Å². The quantitative estimate of drug-likeness (QED) is 0.315. The van der Waals surface area contributed by atoms with Gasteiger partial charge >= 0.3 is 5.97 Å². The molecule has 7 heteroatoms. The van der Waals surface area contributed by atoms with Crippen molar-refractivity contribution in [2.24, 2.45) is 0 Å². The lowest BCUT2D eigenvalue weighted by Gasteiger charge is -2.34. The highest BCUT2D eigenvalue weighted by atomic mass is 16.6. The van der Waals surface area contributed by atoms with Crippen LogP contribution in [0, 0.1) is 10.1 Å². The minimum Gasteiger partial charge on any atom is -0.496 e. The fraction of sp³-hybridized carbons (Fsp3) is 0.318. The molecule has 3 rings (SSSR count). The molecule has 1 aliphatic rings. The molecule has 0 saturated carbocycles. The summed E-state index contributed by atoms with van der Waals surface area (Å²) in [6.07, 6.45) is 4.54. The number of anilines is 1. The maximum absolute atomic E-state index is 11.6. The molecule has 29 heavy (non-hydrogen) atoms. The van der Waals surface area contributed by atoms with E-state index in [0.29, 0.717) is 17.2 Å². The summed E-state index contributed by atoms with van der Waals surface area (Å²) >= 11 is 0. The summed E-state index contributed by atoms with van der Waals surface area (Å²) in [5, 5.41) is 11.6. The predicted molar refractivity (Wildman–Crippen MR) is 111 cm³/mol. The first kappa shape index (κ1) is 20.4. The molecule has 152 valence electrons. The molecule has 1 aliphatic heterocycles. The van der Waals surface area contributed by atoms with Crippen molar-refractivity contribution in [1.29, 1.82) is 0 Å². The van der Waals surface area contributed by atoms with E-state index < -0.39 is 5.97 Å². The normalized spacial score (nSPS) is 14.8. The Morgan fingerprint density at radius 2 is 1.90 bits per heavy atom. The van der Waals surface area contributed by atoms with Gasteiger partial charge in [-0.15, -0.1) is 0 Å². The zero-order valence-electron chi connectivity index (χ0n) is 16.5. The van der Waals surface area contributed by atoms with Crippen molar-refractivity contribution in [2.45, 2.75) is 18.8 Å². The first-order valence-corrected chi connectivity index (χ1v) is 9.45. The Hall–Kier alpha value is -3.35. The first-order chi connectivity index (χ1) is 14.0. The SMILES string of the molecule is COC(=O)C=Cc1ccc(N2CCC(c3ccccc3OC)CC2)c([N+](=O)[O-])c1. The molecule has 0 N–H and O–H groups in total. The van der Waals surface area contributed by atoms with E-state index >= 15 is 0 Å². The van der Waals surface area contributed by atoms with E-state index in [2.05, 4.69) is 15.7 Å². The van der Waals surface area contributed by atoms with Gasteiger partial charge in [0.15, 0.2) is 0 Å². The van der Waals surface area contributed by atoms with Crippen molar-refractivity contribution in [3.05, 3.63) is 69.8 Å². The topological polar surface area (TPSA) is 81.9 Å². The minimum absolute atomic E-state index is 0.0350. The van der Waals surface area contributed by atoms with Gasteiger partial charge in [-0.3, -0.25) is 10.1 Å². The van der Waals surface area contributed by atoms with Gasteiger partial charge in [-0.1, -0.05) is 24.3 Å². The molecule has 0 bridgehead atoms. The van der Waals surface area contributed by atoms with E-state index in [1.807, 2.05) is 18.2 Å². The molecule has 0 radical (unpaired) electrons. The number of piperidine rings is 1. The molecule has 1 fully saturated rings. The summed E-state index contributed by atoms with van der Waals surface area (Å²) in [5.74, 6) is 0.748. The Morgan fingerprint density at radius 3 is 2.55 bits per heavy atom. The van der Waals surface area contributed by atoms with Crippen LogP contribution >= 0.6 is 0 Å². The average molecular weight is 396 g/mol. The molecule has 0 amide bonds. The number of carbonyl (C=O) groups is 1. The van der Waals surface area contributed by atoms with Gasteiger partial charge in [0.25, 0.3) is 5.69 Å². The number of esters is 1. The van der Waals surface area contributed by atoms with E-state index in [-0.39, 0.29) is 10.6 Å². The molecule has 0 atom stereocenters. The number of hydrogen-bond acceptors (Lipinski definition) is 6. The Morgan fingerprint density at radius 1 is 1.17 bits per heavy atom. The van der Waals surface area contributed by atoms with E-state index in [1.54, 1.807) is 19.2 Å². The first-order valence-electron chi connectivity index (χ1n) is 9.45. The molecule has 0 spiro atoms. The highest BCUT2D eigenvalue weighted by Gasteiger charge is 2.27. The van der Waals surface area contributed by atoms with Crippen LogP contribution < -0.4 is 9.64 Å². The molecule has 1 heterocycles. The summed E-state index contributed by atoms with van der Waals surface area (Å²) in [6, 6.07) is 13.0. The van der Waals surface area contributed by atoms with Gasteiger partial charge < -0.3 is 14.4 Å². The van der Waals surface area contributed by atoms with Gasteiger partial charge in [-0.05, 0) is 48.1 Å². The second kappa shape index (κ2) is 9.23. The van der Waals surface area contributed by atoms with Crippen LogP contribution in [0.25, 0.3) is 6.08 Å². The highest BCUT2D eigenvalue weighted by molar-refractivity contribution is 5.87. The van der Waals surface area contributed by atoms with Crippen LogP contribution in [0.4, 0.5) is 11.4 Å². The van der Waals surface area contributed by atoms with Crippen LogP contribution in [-0.4, -0.2) is 38.2 Å². The third-order valence-corrected chi connectivity index (χ3v) is 5.22. The summed E-state index contributed by atoms with van der Waals surface area (Å²) in [6.45, 7) is 1.45. The molecule has 2 aromatic rings. The van der Waals surface area contributed by atoms with E-state index in [1.165, 1.54) is 30.9 Å². The van der Waals surface area contributed by atoms with Crippen LogP contribution in [0.15, 0.2) is 48.5 Å². The molecule has 1 saturated heterocycles. The van der Waals surface area contributed by atoms with Gasteiger partial charge in [0.05, 0.1) is 19.1 Å². The molecular formula is C22H24N2O5. The van der Waals surface area contributed by atoms with Crippen LogP contribution in [0.3, 0.4) is 0 Å². The van der Waals surface area contributed by atoms with Crippen molar-refractivity contribution in [3.63, 3.8) is 0 Å². The minimum atomic E-state index is -0.504. The van der Waals surface area contributed by atoms with Crippen LogP contribution in [0.1, 0.15) is 29.9 Å². The van der Waals surface area contributed by atoms with Gasteiger partial charge in [-0.25, -0.2) is 4.79 Å². The largest absolute Gasteiger partial charge is 0.496 e. The number of carbonyl (C=O) groups excluding carboxylic acids is 1. The van der Waals surface area contributed by atoms with Crippen LogP contribution in [0.5, 0.6) is 5.75 Å². The molecule has 2 aromatic carbocycles. The van der Waals surface area contributed by atoms with Crippen LogP contribution in [0.2, 0.25) is 0 Å². The van der Waals surface area contributed by atoms with Gasteiger partial charge in [0, 0.05) is 25.2 Å². The third-order valence-electron chi connectivity index (χ3n) is 5.22. The monoisotopic (exact) mass is 396 g/mol. The summed E-state index contributed by atoms with van der Waals surface area (Å²) in [5.41, 5.74) is 2.40.